The fourth-order valence-corrected chi connectivity index (χ4v) is 4.61. The largest absolute Gasteiger partial charge is 0.480 e. The number of carboxylic acid groups (broad SMARTS) is 1. The van der Waals surface area contributed by atoms with Crippen LogP contribution in [0.25, 0.3) is 0 Å². The second-order valence-electron chi connectivity index (χ2n) is 4.67. The Hall–Kier alpha value is -1.45. The fraction of sp³-hybridized carbons (Fsp3) is 0.500. The van der Waals surface area contributed by atoms with E-state index in [2.05, 4.69) is 5.32 Å². The van der Waals surface area contributed by atoms with Crippen LogP contribution in [0.1, 0.15) is 25.6 Å². The summed E-state index contributed by atoms with van der Waals surface area (Å²) in [4.78, 5) is 22.3. The molecule has 1 heterocycles. The third kappa shape index (κ3) is 4.80. The maximum Gasteiger partial charge on any atom is 0.318 e. The van der Waals surface area contributed by atoms with Crippen LogP contribution < -0.4 is 5.32 Å². The number of sulfonamides is 1. The summed E-state index contributed by atoms with van der Waals surface area (Å²) in [7, 11) is -3.85. The predicted molar refractivity (Wildman–Crippen MR) is 78.5 cm³/mol. The Kier molecular flexibility index (Phi) is 5.87. The molecule has 0 saturated carbocycles. The molecule has 0 spiro atoms. The third-order valence-corrected chi connectivity index (χ3v) is 6.15. The van der Waals surface area contributed by atoms with Crippen LogP contribution in [0.2, 0.25) is 0 Å². The van der Waals surface area contributed by atoms with Gasteiger partial charge in [-0.15, -0.1) is 11.3 Å². The molecule has 1 aromatic heterocycles. The van der Waals surface area contributed by atoms with Crippen LogP contribution in [0, 0.1) is 0 Å². The molecule has 118 valence electrons. The predicted octanol–water partition coefficient (Wildman–Crippen LogP) is 0.868. The van der Waals surface area contributed by atoms with Crippen LogP contribution in [0.5, 0.6) is 0 Å². The average Bonchev–Trinajstić information content (AvgIpc) is 2.82. The lowest BCUT2D eigenvalue weighted by Crippen LogP contribution is -2.40. The van der Waals surface area contributed by atoms with Gasteiger partial charge in [0.25, 0.3) is 10.0 Å². The molecular weight excluding hydrogens is 316 g/mol. The van der Waals surface area contributed by atoms with Crippen LogP contribution in [0.15, 0.2) is 16.3 Å². The van der Waals surface area contributed by atoms with Crippen LogP contribution in [-0.4, -0.2) is 42.3 Å². The Bertz CT molecular complexity index is 621. The van der Waals surface area contributed by atoms with Gasteiger partial charge in [0, 0.05) is 17.8 Å². The van der Waals surface area contributed by atoms with Gasteiger partial charge < -0.3 is 10.4 Å². The van der Waals surface area contributed by atoms with E-state index in [9.17, 15) is 18.0 Å². The van der Waals surface area contributed by atoms with Gasteiger partial charge in [-0.3, -0.25) is 9.59 Å². The number of hydrogen-bond acceptors (Lipinski definition) is 5. The Balaban J connectivity index is 3.00. The van der Waals surface area contributed by atoms with E-state index in [0.29, 0.717) is 4.88 Å². The highest BCUT2D eigenvalue weighted by atomic mass is 32.2. The molecule has 1 amide bonds. The van der Waals surface area contributed by atoms with E-state index in [-0.39, 0.29) is 16.7 Å². The standard InChI is InChI=1S/C12H18N2O5S2/c1-8(2)14(7-11(16)17)21(18,19)12-5-4-10(20-12)6-13-9(3)15/h4-5,8H,6-7H2,1-3H3,(H,13,15)(H,16,17). The summed E-state index contributed by atoms with van der Waals surface area (Å²) < 4.78 is 25.9. The molecule has 2 N–H and O–H groups in total. The number of carboxylic acids is 1. The molecular formula is C12H18N2O5S2. The number of amides is 1. The maximum absolute atomic E-state index is 12.4. The van der Waals surface area contributed by atoms with E-state index in [1.807, 2.05) is 0 Å². The van der Waals surface area contributed by atoms with Gasteiger partial charge in [-0.2, -0.15) is 4.31 Å². The number of thiophene rings is 1. The summed E-state index contributed by atoms with van der Waals surface area (Å²) in [5.74, 6) is -1.41. The molecule has 0 radical (unpaired) electrons. The van der Waals surface area contributed by atoms with E-state index in [1.54, 1.807) is 19.9 Å². The van der Waals surface area contributed by atoms with Gasteiger partial charge in [-0.1, -0.05) is 0 Å². The molecule has 1 rings (SSSR count). The number of aliphatic carboxylic acids is 1. The molecule has 0 aliphatic heterocycles. The van der Waals surface area contributed by atoms with Gasteiger partial charge >= 0.3 is 5.97 Å². The number of rotatable bonds is 7. The van der Waals surface area contributed by atoms with Crippen molar-refractivity contribution in [3.05, 3.63) is 17.0 Å². The molecule has 0 bridgehead atoms. The summed E-state index contributed by atoms with van der Waals surface area (Å²) in [6.45, 7) is 4.27. The van der Waals surface area contributed by atoms with Crippen LogP contribution in [-0.2, 0) is 26.2 Å². The first-order chi connectivity index (χ1) is 9.64. The van der Waals surface area contributed by atoms with Crippen LogP contribution in [0.4, 0.5) is 0 Å². The molecule has 0 fully saturated rings. The van der Waals surface area contributed by atoms with Gasteiger partial charge in [0.1, 0.15) is 10.8 Å². The van der Waals surface area contributed by atoms with E-state index in [1.165, 1.54) is 13.0 Å². The van der Waals surface area contributed by atoms with E-state index < -0.39 is 28.6 Å². The van der Waals surface area contributed by atoms with Gasteiger partial charge in [0.05, 0.1) is 6.54 Å². The highest BCUT2D eigenvalue weighted by Crippen LogP contribution is 2.26. The summed E-state index contributed by atoms with van der Waals surface area (Å²) in [5.41, 5.74) is 0. The van der Waals surface area contributed by atoms with Crippen molar-refractivity contribution in [2.24, 2.45) is 0 Å². The molecule has 0 aromatic carbocycles. The highest BCUT2D eigenvalue weighted by molar-refractivity contribution is 7.91. The number of nitrogens with one attached hydrogen (secondary N) is 1. The molecule has 0 saturated heterocycles. The lowest BCUT2D eigenvalue weighted by Gasteiger charge is -2.23. The number of carbonyl (C=O) groups is 2. The molecule has 0 unspecified atom stereocenters. The van der Waals surface area contributed by atoms with Crippen molar-refractivity contribution in [1.29, 1.82) is 0 Å². The smallest absolute Gasteiger partial charge is 0.318 e. The zero-order valence-electron chi connectivity index (χ0n) is 12.0. The number of nitrogens with zero attached hydrogens (tertiary/aromatic N) is 1. The van der Waals surface area contributed by atoms with E-state index in [4.69, 9.17) is 5.11 Å². The van der Waals surface area contributed by atoms with Crippen molar-refractivity contribution in [2.45, 2.75) is 37.6 Å². The lowest BCUT2D eigenvalue weighted by molar-refractivity contribution is -0.137. The zero-order chi connectivity index (χ0) is 16.2. The minimum absolute atomic E-state index is 0.0674. The summed E-state index contributed by atoms with van der Waals surface area (Å²) in [5, 5.41) is 11.4. The Morgan fingerprint density at radius 2 is 2.00 bits per heavy atom. The van der Waals surface area contributed by atoms with Crippen LogP contribution >= 0.6 is 11.3 Å². The summed E-state index contributed by atoms with van der Waals surface area (Å²) in [6.07, 6.45) is 0. The molecule has 21 heavy (non-hydrogen) atoms. The first-order valence-corrected chi connectivity index (χ1v) is 8.47. The second-order valence-corrected chi connectivity index (χ2v) is 7.95. The summed E-state index contributed by atoms with van der Waals surface area (Å²) >= 11 is 1.02. The third-order valence-electron chi connectivity index (χ3n) is 2.58. The molecule has 1 aromatic rings. The van der Waals surface area contributed by atoms with Gasteiger partial charge in [0.2, 0.25) is 5.91 Å². The topological polar surface area (TPSA) is 104 Å². The normalized spacial score (nSPS) is 11.9. The first-order valence-electron chi connectivity index (χ1n) is 6.21. The SMILES string of the molecule is CC(=O)NCc1ccc(S(=O)(=O)N(CC(=O)O)C(C)C)s1. The molecule has 0 aliphatic carbocycles. The van der Waals surface area contributed by atoms with Crippen molar-refractivity contribution in [1.82, 2.24) is 9.62 Å². The van der Waals surface area contributed by atoms with E-state index >= 15 is 0 Å². The number of hydrogen-bond donors (Lipinski definition) is 2. The molecule has 9 heteroatoms. The highest BCUT2D eigenvalue weighted by Gasteiger charge is 2.30. The number of carbonyl (C=O) groups excluding carboxylic acids is 1. The maximum atomic E-state index is 12.4. The minimum Gasteiger partial charge on any atom is -0.480 e. The first kappa shape index (κ1) is 17.6. The van der Waals surface area contributed by atoms with Gasteiger partial charge in [-0.25, -0.2) is 8.42 Å². The fourth-order valence-electron chi connectivity index (χ4n) is 1.60. The zero-order valence-corrected chi connectivity index (χ0v) is 13.6. The van der Waals surface area contributed by atoms with Gasteiger partial charge in [0.15, 0.2) is 0 Å². The lowest BCUT2D eigenvalue weighted by atomic mass is 10.4. The van der Waals surface area contributed by atoms with E-state index in [0.717, 1.165) is 15.6 Å². The van der Waals surface area contributed by atoms with Crippen molar-refractivity contribution < 1.29 is 23.1 Å². The van der Waals surface area contributed by atoms with Crippen molar-refractivity contribution in [2.75, 3.05) is 6.54 Å². The van der Waals surface area contributed by atoms with Crippen molar-refractivity contribution in [3.63, 3.8) is 0 Å². The van der Waals surface area contributed by atoms with Gasteiger partial charge in [-0.05, 0) is 26.0 Å². The van der Waals surface area contributed by atoms with Crippen molar-refractivity contribution in [3.8, 4) is 0 Å². The van der Waals surface area contributed by atoms with Crippen molar-refractivity contribution >= 4 is 33.2 Å². The molecule has 0 aliphatic rings. The molecule has 0 atom stereocenters. The Morgan fingerprint density at radius 3 is 2.48 bits per heavy atom. The quantitative estimate of drug-likeness (QED) is 0.770. The Morgan fingerprint density at radius 1 is 1.38 bits per heavy atom. The monoisotopic (exact) mass is 334 g/mol. The average molecular weight is 334 g/mol. The second kappa shape index (κ2) is 7.01. The molecule has 7 nitrogen and oxygen atoms in total. The van der Waals surface area contributed by atoms with Crippen LogP contribution in [0.3, 0.4) is 0 Å². The Labute approximate surface area is 127 Å². The minimum atomic E-state index is -3.85. The summed E-state index contributed by atoms with van der Waals surface area (Å²) in [6, 6.07) is 2.56.